The summed E-state index contributed by atoms with van der Waals surface area (Å²) in [4.78, 5) is 19.3. The Morgan fingerprint density at radius 1 is 1.38 bits per heavy atom. The molecule has 1 aliphatic heterocycles. The molecule has 0 radical (unpaired) electrons. The van der Waals surface area contributed by atoms with Crippen molar-refractivity contribution in [2.45, 2.75) is 37.6 Å². The van der Waals surface area contributed by atoms with E-state index < -0.39 is 0 Å². The number of carbonyl (C=O) groups is 1. The molecule has 1 aliphatic carbocycles. The maximum atomic E-state index is 12.7. The zero-order chi connectivity index (χ0) is 14.4. The molecule has 1 saturated carbocycles. The number of carbonyl (C=O) groups excluding carboxylic acids is 1. The second kappa shape index (κ2) is 4.94. The van der Waals surface area contributed by atoms with Crippen LogP contribution in [-0.4, -0.2) is 32.1 Å². The first-order chi connectivity index (χ1) is 10.2. The van der Waals surface area contributed by atoms with Gasteiger partial charge < -0.3 is 4.90 Å². The molecule has 110 valence electrons. The molecule has 1 atom stereocenters. The SMILES string of the molecule is Cn1cc(C2CCCN2C(=O)c2csc(C3CC3)n2)cn1. The highest BCUT2D eigenvalue weighted by Crippen LogP contribution is 2.41. The molecule has 2 aliphatic rings. The van der Waals surface area contributed by atoms with Crippen LogP contribution < -0.4 is 0 Å². The topological polar surface area (TPSA) is 51.0 Å². The Morgan fingerprint density at radius 3 is 2.95 bits per heavy atom. The third-order valence-electron chi connectivity index (χ3n) is 4.29. The highest BCUT2D eigenvalue weighted by atomic mass is 32.1. The first kappa shape index (κ1) is 13.0. The van der Waals surface area contributed by atoms with E-state index >= 15 is 0 Å². The number of hydrogen-bond acceptors (Lipinski definition) is 4. The van der Waals surface area contributed by atoms with Gasteiger partial charge in [0, 0.05) is 36.7 Å². The van der Waals surface area contributed by atoms with Crippen LogP contribution in [0, 0.1) is 0 Å². The molecule has 3 heterocycles. The van der Waals surface area contributed by atoms with Gasteiger partial charge in [0.1, 0.15) is 5.69 Å². The van der Waals surface area contributed by atoms with Crippen LogP contribution in [-0.2, 0) is 7.05 Å². The van der Waals surface area contributed by atoms with Gasteiger partial charge in [0.15, 0.2) is 0 Å². The predicted molar refractivity (Wildman–Crippen MR) is 80.3 cm³/mol. The molecule has 1 amide bonds. The van der Waals surface area contributed by atoms with Gasteiger partial charge in [-0.25, -0.2) is 4.98 Å². The highest BCUT2D eigenvalue weighted by molar-refractivity contribution is 7.10. The summed E-state index contributed by atoms with van der Waals surface area (Å²) in [6.07, 6.45) is 8.38. The van der Waals surface area contributed by atoms with Crippen molar-refractivity contribution in [1.82, 2.24) is 19.7 Å². The van der Waals surface area contributed by atoms with E-state index in [1.54, 1.807) is 16.0 Å². The largest absolute Gasteiger partial charge is 0.330 e. The number of rotatable bonds is 3. The van der Waals surface area contributed by atoms with Crippen LogP contribution in [0.4, 0.5) is 0 Å². The fourth-order valence-electron chi connectivity index (χ4n) is 3.02. The number of amides is 1. The van der Waals surface area contributed by atoms with E-state index in [1.165, 1.54) is 12.8 Å². The molecule has 0 aromatic carbocycles. The smallest absolute Gasteiger partial charge is 0.273 e. The summed E-state index contributed by atoms with van der Waals surface area (Å²) < 4.78 is 1.80. The van der Waals surface area contributed by atoms with E-state index in [0.717, 1.165) is 30.0 Å². The summed E-state index contributed by atoms with van der Waals surface area (Å²) >= 11 is 1.63. The Balaban J connectivity index is 1.56. The van der Waals surface area contributed by atoms with Gasteiger partial charge in [-0.1, -0.05) is 0 Å². The summed E-state index contributed by atoms with van der Waals surface area (Å²) in [7, 11) is 1.91. The Hall–Kier alpha value is -1.69. The molecule has 1 saturated heterocycles. The second-order valence-electron chi connectivity index (χ2n) is 5.95. The number of aryl methyl sites for hydroxylation is 1. The quantitative estimate of drug-likeness (QED) is 0.876. The second-order valence-corrected chi connectivity index (χ2v) is 6.84. The molecule has 21 heavy (non-hydrogen) atoms. The molecule has 0 bridgehead atoms. The first-order valence-electron chi connectivity index (χ1n) is 7.47. The number of likely N-dealkylation sites (tertiary alicyclic amines) is 1. The lowest BCUT2D eigenvalue weighted by atomic mass is 10.1. The Bertz CT molecular complexity index is 673. The molecule has 5 nitrogen and oxygen atoms in total. The van der Waals surface area contributed by atoms with Gasteiger partial charge in [-0.15, -0.1) is 11.3 Å². The normalized spacial score (nSPS) is 22.0. The van der Waals surface area contributed by atoms with Crippen LogP contribution in [0.1, 0.15) is 58.7 Å². The highest BCUT2D eigenvalue weighted by Gasteiger charge is 2.33. The van der Waals surface area contributed by atoms with Crippen molar-refractivity contribution in [1.29, 1.82) is 0 Å². The van der Waals surface area contributed by atoms with Crippen LogP contribution in [0.15, 0.2) is 17.8 Å². The van der Waals surface area contributed by atoms with E-state index in [9.17, 15) is 4.79 Å². The molecule has 1 unspecified atom stereocenters. The lowest BCUT2D eigenvalue weighted by Crippen LogP contribution is -2.30. The monoisotopic (exact) mass is 302 g/mol. The van der Waals surface area contributed by atoms with Crippen molar-refractivity contribution in [2.24, 2.45) is 7.05 Å². The third kappa shape index (κ3) is 2.37. The van der Waals surface area contributed by atoms with Gasteiger partial charge in [0.2, 0.25) is 0 Å². The van der Waals surface area contributed by atoms with Gasteiger partial charge >= 0.3 is 0 Å². The van der Waals surface area contributed by atoms with Gasteiger partial charge in [-0.3, -0.25) is 9.48 Å². The minimum absolute atomic E-state index is 0.0736. The molecule has 6 heteroatoms. The summed E-state index contributed by atoms with van der Waals surface area (Å²) in [5, 5.41) is 7.29. The summed E-state index contributed by atoms with van der Waals surface area (Å²) in [6.45, 7) is 0.814. The van der Waals surface area contributed by atoms with Gasteiger partial charge in [0.05, 0.1) is 17.2 Å². The van der Waals surface area contributed by atoms with Crippen LogP contribution >= 0.6 is 11.3 Å². The van der Waals surface area contributed by atoms with Crippen molar-refractivity contribution in [3.63, 3.8) is 0 Å². The van der Waals surface area contributed by atoms with E-state index in [0.29, 0.717) is 11.6 Å². The average molecular weight is 302 g/mol. The molecule has 2 aromatic heterocycles. The summed E-state index contributed by atoms with van der Waals surface area (Å²) in [5.74, 6) is 0.689. The lowest BCUT2D eigenvalue weighted by Gasteiger charge is -2.22. The Labute approximate surface area is 127 Å². The maximum absolute atomic E-state index is 12.7. The average Bonchev–Trinajstić information content (AvgIpc) is 2.94. The van der Waals surface area contributed by atoms with Crippen LogP contribution in [0.5, 0.6) is 0 Å². The van der Waals surface area contributed by atoms with E-state index in [4.69, 9.17) is 0 Å². The Kier molecular flexibility index (Phi) is 3.06. The van der Waals surface area contributed by atoms with Gasteiger partial charge in [-0.2, -0.15) is 5.10 Å². The molecular weight excluding hydrogens is 284 g/mol. The zero-order valence-corrected chi connectivity index (χ0v) is 12.8. The number of aromatic nitrogens is 3. The van der Waals surface area contributed by atoms with Crippen LogP contribution in [0.2, 0.25) is 0 Å². The molecule has 0 N–H and O–H groups in total. The van der Waals surface area contributed by atoms with Gasteiger partial charge in [0.25, 0.3) is 5.91 Å². The third-order valence-corrected chi connectivity index (χ3v) is 5.30. The first-order valence-corrected chi connectivity index (χ1v) is 8.35. The predicted octanol–water partition coefficient (Wildman–Crippen LogP) is 2.73. The minimum atomic E-state index is 0.0736. The molecular formula is C15H18N4OS. The molecule has 4 rings (SSSR count). The van der Waals surface area contributed by atoms with Gasteiger partial charge in [-0.05, 0) is 25.7 Å². The lowest BCUT2D eigenvalue weighted by molar-refractivity contribution is 0.0730. The standard InChI is InChI=1S/C15H18N4OS/c1-18-8-11(7-16-18)13-3-2-6-19(13)15(20)12-9-21-14(17-12)10-4-5-10/h7-10,13H,2-6H2,1H3. The molecule has 2 aromatic rings. The summed E-state index contributed by atoms with van der Waals surface area (Å²) in [5.41, 5.74) is 1.75. The fourth-order valence-corrected chi connectivity index (χ4v) is 3.98. The summed E-state index contributed by atoms with van der Waals surface area (Å²) in [6, 6.07) is 0.150. The number of nitrogens with zero attached hydrogens (tertiary/aromatic N) is 4. The minimum Gasteiger partial charge on any atom is -0.330 e. The van der Waals surface area contributed by atoms with E-state index in [1.807, 2.05) is 29.7 Å². The van der Waals surface area contributed by atoms with E-state index in [2.05, 4.69) is 10.1 Å². The van der Waals surface area contributed by atoms with E-state index in [-0.39, 0.29) is 11.9 Å². The molecule has 2 fully saturated rings. The number of thiazole rings is 1. The van der Waals surface area contributed by atoms with Crippen molar-refractivity contribution >= 4 is 17.2 Å². The molecule has 0 spiro atoms. The van der Waals surface area contributed by atoms with Crippen molar-refractivity contribution in [3.05, 3.63) is 34.0 Å². The van der Waals surface area contributed by atoms with Crippen molar-refractivity contribution < 1.29 is 4.79 Å². The zero-order valence-electron chi connectivity index (χ0n) is 12.0. The van der Waals surface area contributed by atoms with Crippen LogP contribution in [0.3, 0.4) is 0 Å². The van der Waals surface area contributed by atoms with Crippen molar-refractivity contribution in [2.75, 3.05) is 6.54 Å². The Morgan fingerprint density at radius 2 is 2.24 bits per heavy atom. The van der Waals surface area contributed by atoms with Crippen LogP contribution in [0.25, 0.3) is 0 Å². The number of hydrogen-bond donors (Lipinski definition) is 0. The fraction of sp³-hybridized carbons (Fsp3) is 0.533. The van der Waals surface area contributed by atoms with Crippen molar-refractivity contribution in [3.8, 4) is 0 Å². The maximum Gasteiger partial charge on any atom is 0.273 e.